The van der Waals surface area contributed by atoms with E-state index < -0.39 is 4.92 Å². The lowest BCUT2D eigenvalue weighted by Gasteiger charge is -2.22. The van der Waals surface area contributed by atoms with Gasteiger partial charge in [0.15, 0.2) is 0 Å². The molecule has 120 valence electrons. The lowest BCUT2D eigenvalue weighted by Crippen LogP contribution is -2.36. The van der Waals surface area contributed by atoms with Crippen molar-refractivity contribution < 1.29 is 9.72 Å². The van der Waals surface area contributed by atoms with Gasteiger partial charge in [0.2, 0.25) is 5.91 Å². The molecule has 0 spiro atoms. The summed E-state index contributed by atoms with van der Waals surface area (Å²) in [5, 5.41) is 10.7. The number of nitrogens with zero attached hydrogens (tertiary/aromatic N) is 3. The van der Waals surface area contributed by atoms with E-state index in [1.165, 1.54) is 17.0 Å². The molecule has 0 N–H and O–H groups in total. The molecular formula is C17H19N3O3. The molecule has 0 aliphatic carbocycles. The summed E-state index contributed by atoms with van der Waals surface area (Å²) in [6.45, 7) is 0.947. The van der Waals surface area contributed by atoms with Crippen molar-refractivity contribution in [1.82, 2.24) is 4.90 Å². The van der Waals surface area contributed by atoms with Crippen molar-refractivity contribution in [2.24, 2.45) is 0 Å². The molecule has 0 saturated carbocycles. The Kier molecular flexibility index (Phi) is 5.43. The third-order valence-corrected chi connectivity index (χ3v) is 3.52. The lowest BCUT2D eigenvalue weighted by atomic mass is 10.2. The highest BCUT2D eigenvalue weighted by atomic mass is 16.6. The van der Waals surface area contributed by atoms with Crippen LogP contribution >= 0.6 is 0 Å². The van der Waals surface area contributed by atoms with Gasteiger partial charge in [-0.15, -0.1) is 0 Å². The third-order valence-electron chi connectivity index (χ3n) is 3.52. The van der Waals surface area contributed by atoms with Crippen LogP contribution in [0.15, 0.2) is 54.6 Å². The highest BCUT2D eigenvalue weighted by molar-refractivity contribution is 5.94. The second-order valence-corrected chi connectivity index (χ2v) is 5.38. The van der Waals surface area contributed by atoms with E-state index in [1.54, 1.807) is 19.2 Å². The highest BCUT2D eigenvalue weighted by Gasteiger charge is 2.14. The summed E-state index contributed by atoms with van der Waals surface area (Å²) in [7, 11) is 3.55. The number of carbonyl (C=O) groups is 1. The van der Waals surface area contributed by atoms with E-state index in [0.717, 1.165) is 5.56 Å². The number of hydrogen-bond donors (Lipinski definition) is 0. The molecule has 0 aromatic heterocycles. The molecule has 0 unspecified atom stereocenters. The number of hydrogen-bond acceptors (Lipinski definition) is 4. The molecule has 2 rings (SSSR count). The molecule has 0 saturated heterocycles. The van der Waals surface area contributed by atoms with Crippen LogP contribution in [0.2, 0.25) is 0 Å². The summed E-state index contributed by atoms with van der Waals surface area (Å²) < 4.78 is 0. The fourth-order valence-electron chi connectivity index (χ4n) is 2.23. The van der Waals surface area contributed by atoms with Gasteiger partial charge in [-0.25, -0.2) is 0 Å². The van der Waals surface area contributed by atoms with Crippen LogP contribution in [0.4, 0.5) is 11.4 Å². The van der Waals surface area contributed by atoms with Crippen LogP contribution in [-0.4, -0.2) is 36.4 Å². The Hall–Kier alpha value is -2.73. The van der Waals surface area contributed by atoms with Gasteiger partial charge in [0.05, 0.1) is 11.5 Å². The normalized spacial score (nSPS) is 10.6. The number of benzene rings is 2. The minimum absolute atomic E-state index is 0.01000. The molecular weight excluding hydrogens is 294 g/mol. The average Bonchev–Trinajstić information content (AvgIpc) is 2.55. The van der Waals surface area contributed by atoms with Crippen molar-refractivity contribution >= 4 is 17.3 Å². The number of carbonyl (C=O) groups excluding carboxylic acids is 1. The maximum atomic E-state index is 12.3. The Labute approximate surface area is 135 Å². The molecule has 1 amide bonds. The zero-order valence-electron chi connectivity index (χ0n) is 13.2. The first-order chi connectivity index (χ1) is 11.0. The van der Waals surface area contributed by atoms with Gasteiger partial charge in [0, 0.05) is 31.4 Å². The van der Waals surface area contributed by atoms with Crippen LogP contribution in [0.25, 0.3) is 0 Å². The summed E-state index contributed by atoms with van der Waals surface area (Å²) in [6.07, 6.45) is 0. The number of likely N-dealkylation sites (N-methyl/N-ethyl adjacent to an activating group) is 2. The Balaban J connectivity index is 1.95. The van der Waals surface area contributed by atoms with Gasteiger partial charge in [-0.2, -0.15) is 0 Å². The number of amides is 1. The van der Waals surface area contributed by atoms with Crippen molar-refractivity contribution in [3.63, 3.8) is 0 Å². The molecule has 23 heavy (non-hydrogen) atoms. The molecule has 0 radical (unpaired) electrons. The van der Waals surface area contributed by atoms with Crippen molar-refractivity contribution in [2.45, 2.75) is 6.54 Å². The van der Waals surface area contributed by atoms with Gasteiger partial charge >= 0.3 is 0 Å². The Bertz CT molecular complexity index is 671. The van der Waals surface area contributed by atoms with Gasteiger partial charge in [0.25, 0.3) is 5.69 Å². The van der Waals surface area contributed by atoms with E-state index in [9.17, 15) is 14.9 Å². The Morgan fingerprint density at radius 1 is 1.04 bits per heavy atom. The first-order valence-corrected chi connectivity index (χ1v) is 7.21. The molecule has 2 aromatic carbocycles. The number of rotatable bonds is 6. The minimum atomic E-state index is -0.459. The van der Waals surface area contributed by atoms with Gasteiger partial charge in [-0.05, 0) is 24.7 Å². The van der Waals surface area contributed by atoms with Crippen molar-refractivity contribution in [1.29, 1.82) is 0 Å². The number of nitro benzene ring substituents is 1. The molecule has 0 aliphatic heterocycles. The molecule has 0 heterocycles. The molecule has 0 aliphatic rings. The first kappa shape index (κ1) is 16.6. The molecule has 0 bridgehead atoms. The highest BCUT2D eigenvalue weighted by Crippen LogP contribution is 2.18. The molecule has 2 aromatic rings. The Morgan fingerprint density at radius 3 is 2.22 bits per heavy atom. The maximum absolute atomic E-state index is 12.3. The Morgan fingerprint density at radius 2 is 1.65 bits per heavy atom. The fraction of sp³-hybridized carbons (Fsp3) is 0.235. The van der Waals surface area contributed by atoms with E-state index in [2.05, 4.69) is 0 Å². The quantitative estimate of drug-likeness (QED) is 0.607. The zero-order valence-corrected chi connectivity index (χ0v) is 13.2. The largest absolute Gasteiger partial charge is 0.314 e. The van der Waals surface area contributed by atoms with Crippen molar-refractivity contribution in [3.8, 4) is 0 Å². The second-order valence-electron chi connectivity index (χ2n) is 5.38. The van der Waals surface area contributed by atoms with Gasteiger partial charge in [-0.3, -0.25) is 19.8 Å². The SMILES string of the molecule is CN(CC(=O)N(C)c1ccc([N+](=O)[O-])cc1)Cc1ccccc1. The third kappa shape index (κ3) is 4.62. The predicted molar refractivity (Wildman–Crippen MR) is 89.3 cm³/mol. The molecule has 6 nitrogen and oxygen atoms in total. The van der Waals surface area contributed by atoms with E-state index >= 15 is 0 Å². The first-order valence-electron chi connectivity index (χ1n) is 7.21. The van der Waals surface area contributed by atoms with E-state index in [0.29, 0.717) is 12.2 Å². The molecule has 0 atom stereocenters. The summed E-state index contributed by atoms with van der Waals surface area (Å²) in [5.74, 6) is -0.0720. The van der Waals surface area contributed by atoms with Gasteiger partial charge < -0.3 is 4.90 Å². The lowest BCUT2D eigenvalue weighted by molar-refractivity contribution is -0.384. The maximum Gasteiger partial charge on any atom is 0.269 e. The van der Waals surface area contributed by atoms with Crippen LogP contribution in [0.1, 0.15) is 5.56 Å². The van der Waals surface area contributed by atoms with Gasteiger partial charge in [-0.1, -0.05) is 30.3 Å². The minimum Gasteiger partial charge on any atom is -0.314 e. The number of nitro groups is 1. The average molecular weight is 313 g/mol. The second kappa shape index (κ2) is 7.51. The van der Waals surface area contributed by atoms with Gasteiger partial charge in [0.1, 0.15) is 0 Å². The van der Waals surface area contributed by atoms with E-state index in [-0.39, 0.29) is 18.1 Å². The fourth-order valence-corrected chi connectivity index (χ4v) is 2.23. The van der Waals surface area contributed by atoms with Crippen LogP contribution in [0, 0.1) is 10.1 Å². The summed E-state index contributed by atoms with van der Waals surface area (Å²) in [5.41, 5.74) is 1.78. The summed E-state index contributed by atoms with van der Waals surface area (Å²) in [4.78, 5) is 25.9. The van der Waals surface area contributed by atoms with E-state index in [1.807, 2.05) is 42.3 Å². The number of anilines is 1. The topological polar surface area (TPSA) is 66.7 Å². The zero-order chi connectivity index (χ0) is 16.8. The van der Waals surface area contributed by atoms with Crippen LogP contribution < -0.4 is 4.90 Å². The number of non-ortho nitro benzene ring substituents is 1. The standard InChI is InChI=1S/C17H19N3O3/c1-18(12-14-6-4-3-5-7-14)13-17(21)19(2)15-8-10-16(11-9-15)20(22)23/h3-11H,12-13H2,1-2H3. The van der Waals surface area contributed by atoms with Crippen molar-refractivity contribution in [3.05, 3.63) is 70.3 Å². The molecule has 6 heteroatoms. The monoisotopic (exact) mass is 313 g/mol. The van der Waals surface area contributed by atoms with Crippen LogP contribution in [0.5, 0.6) is 0 Å². The van der Waals surface area contributed by atoms with Crippen LogP contribution in [-0.2, 0) is 11.3 Å². The predicted octanol–water partition coefficient (Wildman–Crippen LogP) is 2.69. The van der Waals surface area contributed by atoms with Crippen LogP contribution in [0.3, 0.4) is 0 Å². The summed E-state index contributed by atoms with van der Waals surface area (Å²) in [6, 6.07) is 15.9. The van der Waals surface area contributed by atoms with Crippen molar-refractivity contribution in [2.75, 3.05) is 25.5 Å². The smallest absolute Gasteiger partial charge is 0.269 e. The van der Waals surface area contributed by atoms with E-state index in [4.69, 9.17) is 0 Å². The molecule has 0 fully saturated rings. The summed E-state index contributed by atoms with van der Waals surface area (Å²) >= 11 is 0.